The van der Waals surface area contributed by atoms with E-state index in [4.69, 9.17) is 4.74 Å². The number of Topliss-reactive ketones (excluding diaryl/α,β-unsaturated/α-hetero) is 1. The third-order valence-electron chi connectivity index (χ3n) is 2.20. The molecule has 0 aliphatic rings. The van der Waals surface area contributed by atoms with Crippen LogP contribution in [0.15, 0.2) is 18.2 Å². The third-order valence-corrected chi connectivity index (χ3v) is 2.20. The summed E-state index contributed by atoms with van der Waals surface area (Å²) in [6.45, 7) is 3.67. The first-order valence-electron chi connectivity index (χ1n) is 4.87. The van der Waals surface area contributed by atoms with Crippen LogP contribution in [-0.4, -0.2) is 12.9 Å². The Morgan fingerprint density at radius 3 is 2.64 bits per heavy atom. The zero-order valence-electron chi connectivity index (χ0n) is 8.96. The van der Waals surface area contributed by atoms with Gasteiger partial charge in [-0.25, -0.2) is 0 Å². The van der Waals surface area contributed by atoms with E-state index in [-0.39, 0.29) is 5.78 Å². The van der Waals surface area contributed by atoms with Crippen molar-refractivity contribution in [1.82, 2.24) is 0 Å². The molecule has 76 valence electrons. The van der Waals surface area contributed by atoms with Gasteiger partial charge in [-0.15, -0.1) is 0 Å². The highest BCUT2D eigenvalue weighted by Crippen LogP contribution is 2.25. The van der Waals surface area contributed by atoms with E-state index in [0.29, 0.717) is 5.56 Å². The van der Waals surface area contributed by atoms with E-state index < -0.39 is 0 Å². The summed E-state index contributed by atoms with van der Waals surface area (Å²) >= 11 is 0. The fourth-order valence-electron chi connectivity index (χ4n) is 1.57. The molecule has 1 rings (SSSR count). The fourth-order valence-corrected chi connectivity index (χ4v) is 1.57. The highest BCUT2D eigenvalue weighted by Gasteiger charge is 2.10. The minimum Gasteiger partial charge on any atom is -0.496 e. The monoisotopic (exact) mass is 192 g/mol. The Hall–Kier alpha value is -1.31. The van der Waals surface area contributed by atoms with Crippen LogP contribution in [0.25, 0.3) is 0 Å². The number of carbonyl (C=O) groups excluding carboxylic acids is 1. The van der Waals surface area contributed by atoms with Gasteiger partial charge in [-0.05, 0) is 25.0 Å². The van der Waals surface area contributed by atoms with Crippen molar-refractivity contribution in [3.8, 4) is 5.75 Å². The summed E-state index contributed by atoms with van der Waals surface area (Å²) in [4.78, 5) is 11.3. The minimum absolute atomic E-state index is 0.0554. The summed E-state index contributed by atoms with van der Waals surface area (Å²) in [5, 5.41) is 0. The molecule has 0 N–H and O–H groups in total. The predicted octanol–water partition coefficient (Wildman–Crippen LogP) is 2.85. The van der Waals surface area contributed by atoms with E-state index >= 15 is 0 Å². The van der Waals surface area contributed by atoms with Crippen molar-refractivity contribution in [3.63, 3.8) is 0 Å². The molecule has 14 heavy (non-hydrogen) atoms. The lowest BCUT2D eigenvalue weighted by atomic mass is 10.0. The van der Waals surface area contributed by atoms with Gasteiger partial charge in [-0.1, -0.05) is 25.5 Å². The molecule has 0 heterocycles. The number of methoxy groups -OCH3 is 1. The molecular formula is C12H16O2. The van der Waals surface area contributed by atoms with Gasteiger partial charge in [-0.2, -0.15) is 0 Å². The Morgan fingerprint density at radius 1 is 1.43 bits per heavy atom. The number of aryl methyl sites for hydroxylation is 1. The highest BCUT2D eigenvalue weighted by molar-refractivity contribution is 5.97. The lowest BCUT2D eigenvalue weighted by Crippen LogP contribution is -2.01. The van der Waals surface area contributed by atoms with Gasteiger partial charge in [0.1, 0.15) is 5.75 Å². The van der Waals surface area contributed by atoms with Crippen LogP contribution in [0.1, 0.15) is 36.2 Å². The van der Waals surface area contributed by atoms with Crippen molar-refractivity contribution in [2.45, 2.75) is 26.7 Å². The molecule has 0 amide bonds. The lowest BCUT2D eigenvalue weighted by molar-refractivity contribution is 0.101. The topological polar surface area (TPSA) is 26.3 Å². The molecule has 0 aromatic heterocycles. The first-order chi connectivity index (χ1) is 6.70. The van der Waals surface area contributed by atoms with Crippen LogP contribution in [0.3, 0.4) is 0 Å². The van der Waals surface area contributed by atoms with Gasteiger partial charge < -0.3 is 4.74 Å². The Balaban J connectivity index is 3.17. The zero-order valence-corrected chi connectivity index (χ0v) is 8.96. The van der Waals surface area contributed by atoms with Gasteiger partial charge in [0.15, 0.2) is 5.78 Å². The van der Waals surface area contributed by atoms with Gasteiger partial charge in [-0.3, -0.25) is 4.79 Å². The van der Waals surface area contributed by atoms with Crippen LogP contribution >= 0.6 is 0 Å². The first kappa shape index (κ1) is 10.8. The fraction of sp³-hybridized carbons (Fsp3) is 0.417. The molecule has 0 bridgehead atoms. The normalized spacial score (nSPS) is 9.93. The van der Waals surface area contributed by atoms with Gasteiger partial charge in [0, 0.05) is 0 Å². The van der Waals surface area contributed by atoms with E-state index in [1.54, 1.807) is 20.1 Å². The largest absolute Gasteiger partial charge is 0.496 e. The summed E-state index contributed by atoms with van der Waals surface area (Å²) in [5.41, 5.74) is 1.79. The molecular weight excluding hydrogens is 176 g/mol. The molecule has 0 unspecified atom stereocenters. The van der Waals surface area contributed by atoms with E-state index in [1.807, 2.05) is 12.1 Å². The summed E-state index contributed by atoms with van der Waals surface area (Å²) in [5.74, 6) is 0.793. The lowest BCUT2D eigenvalue weighted by Gasteiger charge is -2.10. The number of ketones is 1. The van der Waals surface area contributed by atoms with Crippen LogP contribution in [0.5, 0.6) is 5.75 Å². The van der Waals surface area contributed by atoms with Gasteiger partial charge >= 0.3 is 0 Å². The summed E-state index contributed by atoms with van der Waals surface area (Å²) in [6, 6.07) is 5.72. The van der Waals surface area contributed by atoms with E-state index in [1.165, 1.54) is 0 Å². The Morgan fingerprint density at radius 2 is 2.14 bits per heavy atom. The summed E-state index contributed by atoms with van der Waals surface area (Å²) < 4.78 is 5.27. The zero-order chi connectivity index (χ0) is 10.6. The summed E-state index contributed by atoms with van der Waals surface area (Å²) in [6.07, 6.45) is 2.00. The third kappa shape index (κ3) is 2.13. The van der Waals surface area contributed by atoms with Crippen molar-refractivity contribution < 1.29 is 9.53 Å². The van der Waals surface area contributed by atoms with Gasteiger partial charge in [0.2, 0.25) is 0 Å². The number of rotatable bonds is 4. The second-order valence-corrected chi connectivity index (χ2v) is 3.30. The molecule has 0 atom stereocenters. The predicted molar refractivity (Wildman–Crippen MR) is 57.0 cm³/mol. The Kier molecular flexibility index (Phi) is 3.69. The molecule has 2 heteroatoms. The van der Waals surface area contributed by atoms with Crippen molar-refractivity contribution >= 4 is 5.78 Å². The van der Waals surface area contributed by atoms with Crippen LogP contribution in [0.4, 0.5) is 0 Å². The molecule has 0 aliphatic carbocycles. The van der Waals surface area contributed by atoms with E-state index in [0.717, 1.165) is 24.2 Å². The molecule has 0 saturated carbocycles. The van der Waals surface area contributed by atoms with Gasteiger partial charge in [0.25, 0.3) is 0 Å². The highest BCUT2D eigenvalue weighted by atomic mass is 16.5. The maximum atomic E-state index is 11.3. The summed E-state index contributed by atoms with van der Waals surface area (Å²) in [7, 11) is 1.61. The van der Waals surface area contributed by atoms with Crippen molar-refractivity contribution in [2.75, 3.05) is 7.11 Å². The minimum atomic E-state index is 0.0554. The van der Waals surface area contributed by atoms with Crippen LogP contribution < -0.4 is 4.74 Å². The molecule has 1 aromatic carbocycles. The SMILES string of the molecule is CCCc1cccc(C(C)=O)c1OC. The van der Waals surface area contributed by atoms with Crippen LogP contribution in [0.2, 0.25) is 0 Å². The van der Waals surface area contributed by atoms with Crippen molar-refractivity contribution in [3.05, 3.63) is 29.3 Å². The molecule has 1 aromatic rings. The second-order valence-electron chi connectivity index (χ2n) is 3.30. The quantitative estimate of drug-likeness (QED) is 0.686. The maximum Gasteiger partial charge on any atom is 0.163 e. The van der Waals surface area contributed by atoms with Crippen LogP contribution in [-0.2, 0) is 6.42 Å². The van der Waals surface area contributed by atoms with Crippen molar-refractivity contribution in [1.29, 1.82) is 0 Å². The average molecular weight is 192 g/mol. The Labute approximate surface area is 84.9 Å². The number of benzene rings is 1. The average Bonchev–Trinajstić information content (AvgIpc) is 2.18. The molecule has 2 nitrogen and oxygen atoms in total. The van der Waals surface area contributed by atoms with Gasteiger partial charge in [0.05, 0.1) is 12.7 Å². The molecule has 0 fully saturated rings. The first-order valence-corrected chi connectivity index (χ1v) is 4.87. The van der Waals surface area contributed by atoms with E-state index in [2.05, 4.69) is 6.92 Å². The Bertz CT molecular complexity index is 329. The maximum absolute atomic E-state index is 11.3. The van der Waals surface area contributed by atoms with E-state index in [9.17, 15) is 4.79 Å². The molecule has 0 saturated heterocycles. The number of carbonyl (C=O) groups is 1. The van der Waals surface area contributed by atoms with Crippen LogP contribution in [0, 0.1) is 0 Å². The van der Waals surface area contributed by atoms with Crippen molar-refractivity contribution in [2.24, 2.45) is 0 Å². The number of ether oxygens (including phenoxy) is 1. The molecule has 0 radical (unpaired) electrons. The smallest absolute Gasteiger partial charge is 0.163 e. The second kappa shape index (κ2) is 4.80. The molecule has 0 aliphatic heterocycles. The standard InChI is InChI=1S/C12H16O2/c1-4-6-10-7-5-8-11(9(2)13)12(10)14-3/h5,7-8H,4,6H2,1-3H3. The number of para-hydroxylation sites is 1. The number of hydrogen-bond donors (Lipinski definition) is 0. The molecule has 0 spiro atoms. The number of hydrogen-bond acceptors (Lipinski definition) is 2.